The van der Waals surface area contributed by atoms with Crippen molar-refractivity contribution in [3.8, 4) is 0 Å². The van der Waals surface area contributed by atoms with Crippen LogP contribution in [0.15, 0.2) is 18.2 Å². The molecule has 0 radical (unpaired) electrons. The number of anilines is 1. The van der Waals surface area contributed by atoms with Crippen LogP contribution in [-0.4, -0.2) is 18.7 Å². The van der Waals surface area contributed by atoms with Crippen LogP contribution in [0, 0.1) is 5.41 Å². The van der Waals surface area contributed by atoms with E-state index in [0.717, 1.165) is 17.8 Å². The molecule has 1 atom stereocenters. The minimum Gasteiger partial charge on any atom is -0.389 e. The Bertz CT molecular complexity index is 382. The summed E-state index contributed by atoms with van der Waals surface area (Å²) in [7, 11) is 2.04. The van der Waals surface area contributed by atoms with Gasteiger partial charge in [0.15, 0.2) is 0 Å². The van der Waals surface area contributed by atoms with Crippen molar-refractivity contribution in [1.29, 1.82) is 0 Å². The fourth-order valence-corrected chi connectivity index (χ4v) is 2.22. The summed E-state index contributed by atoms with van der Waals surface area (Å²) in [5.41, 5.74) is 2.08. The molecule has 96 valence electrons. The van der Waals surface area contributed by atoms with Gasteiger partial charge < -0.3 is 10.0 Å². The number of rotatable bonds is 3. The Labute approximate surface area is 109 Å². The Morgan fingerprint density at radius 3 is 2.35 bits per heavy atom. The molecule has 0 spiro atoms. The highest BCUT2D eigenvalue weighted by Gasteiger charge is 2.16. The Balaban J connectivity index is 2.92. The maximum absolute atomic E-state index is 9.49. The second-order valence-electron chi connectivity index (χ2n) is 5.80. The van der Waals surface area contributed by atoms with E-state index in [4.69, 9.17) is 11.6 Å². The molecule has 2 nitrogen and oxygen atoms in total. The fraction of sp³-hybridized carbons (Fsp3) is 0.571. The molecule has 0 aliphatic heterocycles. The number of hydrogen-bond donors (Lipinski definition) is 1. The Hall–Kier alpha value is -0.730. The number of benzene rings is 1. The SMILES string of the molecule is CC(O)c1ccc(N(C)CC(C)(C)C)c(Cl)c1. The molecule has 1 unspecified atom stereocenters. The zero-order chi connectivity index (χ0) is 13.2. The van der Waals surface area contributed by atoms with E-state index < -0.39 is 6.10 Å². The number of aliphatic hydroxyl groups excluding tert-OH is 1. The highest BCUT2D eigenvalue weighted by Crippen LogP contribution is 2.30. The van der Waals surface area contributed by atoms with Gasteiger partial charge in [-0.25, -0.2) is 0 Å². The van der Waals surface area contributed by atoms with Gasteiger partial charge in [0, 0.05) is 13.6 Å². The summed E-state index contributed by atoms with van der Waals surface area (Å²) in [5, 5.41) is 10.2. The number of nitrogens with zero attached hydrogens (tertiary/aromatic N) is 1. The first-order valence-electron chi connectivity index (χ1n) is 5.89. The molecule has 0 aromatic heterocycles. The van der Waals surface area contributed by atoms with Crippen LogP contribution in [-0.2, 0) is 0 Å². The van der Waals surface area contributed by atoms with Crippen LogP contribution in [0.5, 0.6) is 0 Å². The highest BCUT2D eigenvalue weighted by atomic mass is 35.5. The molecule has 0 bridgehead atoms. The standard InChI is InChI=1S/C14H22ClNO/c1-10(17)11-6-7-13(12(15)8-11)16(5)9-14(2,3)4/h6-8,10,17H,9H2,1-5H3. The third-order valence-corrected chi connectivity index (χ3v) is 2.88. The van der Waals surface area contributed by atoms with Crippen LogP contribution in [0.2, 0.25) is 5.02 Å². The summed E-state index contributed by atoms with van der Waals surface area (Å²) in [6.45, 7) is 9.26. The molecule has 0 heterocycles. The van der Waals surface area contributed by atoms with Crippen LogP contribution in [0.25, 0.3) is 0 Å². The van der Waals surface area contributed by atoms with Crippen molar-refractivity contribution in [2.75, 3.05) is 18.5 Å². The van der Waals surface area contributed by atoms with E-state index in [0.29, 0.717) is 5.02 Å². The predicted octanol–water partition coefficient (Wildman–Crippen LogP) is 3.88. The first kappa shape index (κ1) is 14.3. The molecule has 0 aliphatic carbocycles. The molecule has 3 heteroatoms. The van der Waals surface area contributed by atoms with E-state index in [-0.39, 0.29) is 5.41 Å². The fourth-order valence-electron chi connectivity index (χ4n) is 1.89. The van der Waals surface area contributed by atoms with Crippen molar-refractivity contribution in [2.24, 2.45) is 5.41 Å². The van der Waals surface area contributed by atoms with Crippen molar-refractivity contribution in [2.45, 2.75) is 33.8 Å². The second kappa shape index (κ2) is 5.28. The first-order valence-corrected chi connectivity index (χ1v) is 6.27. The summed E-state index contributed by atoms with van der Waals surface area (Å²) in [4.78, 5) is 2.15. The summed E-state index contributed by atoms with van der Waals surface area (Å²) >= 11 is 6.24. The van der Waals surface area contributed by atoms with Gasteiger partial charge in [-0.15, -0.1) is 0 Å². The molecular weight excluding hydrogens is 234 g/mol. The molecule has 1 aromatic rings. The van der Waals surface area contributed by atoms with Crippen LogP contribution in [0.4, 0.5) is 5.69 Å². The smallest absolute Gasteiger partial charge is 0.0762 e. The molecule has 0 saturated carbocycles. The van der Waals surface area contributed by atoms with Gasteiger partial charge in [-0.2, -0.15) is 0 Å². The van der Waals surface area contributed by atoms with E-state index in [1.807, 2.05) is 25.2 Å². The average molecular weight is 256 g/mol. The summed E-state index contributed by atoms with van der Waals surface area (Å²) in [5.74, 6) is 0. The van der Waals surface area contributed by atoms with E-state index >= 15 is 0 Å². The third kappa shape index (κ3) is 4.21. The molecular formula is C14H22ClNO. The number of halogens is 1. The topological polar surface area (TPSA) is 23.5 Å². The zero-order valence-electron chi connectivity index (χ0n) is 11.3. The molecule has 0 aliphatic rings. The van der Waals surface area contributed by atoms with Crippen molar-refractivity contribution >= 4 is 17.3 Å². The van der Waals surface area contributed by atoms with Gasteiger partial charge in [-0.3, -0.25) is 0 Å². The van der Waals surface area contributed by atoms with Crippen LogP contribution in [0.1, 0.15) is 39.4 Å². The Morgan fingerprint density at radius 1 is 1.35 bits per heavy atom. The lowest BCUT2D eigenvalue weighted by Crippen LogP contribution is -2.29. The average Bonchev–Trinajstić information content (AvgIpc) is 2.14. The minimum absolute atomic E-state index is 0.223. The third-order valence-electron chi connectivity index (χ3n) is 2.58. The normalized spacial score (nSPS) is 13.6. The Morgan fingerprint density at radius 2 is 1.94 bits per heavy atom. The largest absolute Gasteiger partial charge is 0.389 e. The van der Waals surface area contributed by atoms with Crippen molar-refractivity contribution < 1.29 is 5.11 Å². The van der Waals surface area contributed by atoms with Crippen LogP contribution in [0.3, 0.4) is 0 Å². The summed E-state index contributed by atoms with van der Waals surface area (Å²) in [6, 6.07) is 5.72. The van der Waals surface area contributed by atoms with Gasteiger partial charge in [0.25, 0.3) is 0 Å². The Kier molecular flexibility index (Phi) is 4.45. The number of aliphatic hydroxyl groups is 1. The quantitative estimate of drug-likeness (QED) is 0.886. The van der Waals surface area contributed by atoms with Gasteiger partial charge in [0.1, 0.15) is 0 Å². The number of hydrogen-bond acceptors (Lipinski definition) is 2. The molecule has 0 saturated heterocycles. The predicted molar refractivity (Wildman–Crippen MR) is 74.8 cm³/mol. The maximum Gasteiger partial charge on any atom is 0.0762 e. The molecule has 1 N–H and O–H groups in total. The molecule has 1 rings (SSSR count). The second-order valence-corrected chi connectivity index (χ2v) is 6.21. The van der Waals surface area contributed by atoms with Gasteiger partial charge in [-0.05, 0) is 30.0 Å². The van der Waals surface area contributed by atoms with Crippen molar-refractivity contribution in [3.05, 3.63) is 28.8 Å². The van der Waals surface area contributed by atoms with Crippen LogP contribution >= 0.6 is 11.6 Å². The molecule has 1 aromatic carbocycles. The van der Waals surface area contributed by atoms with Gasteiger partial charge in [-0.1, -0.05) is 38.4 Å². The summed E-state index contributed by atoms with van der Waals surface area (Å²) < 4.78 is 0. The minimum atomic E-state index is -0.477. The molecule has 0 amide bonds. The van der Waals surface area contributed by atoms with Crippen LogP contribution < -0.4 is 4.90 Å². The first-order chi connectivity index (χ1) is 7.70. The lowest BCUT2D eigenvalue weighted by molar-refractivity contribution is 0.199. The highest BCUT2D eigenvalue weighted by molar-refractivity contribution is 6.33. The lowest BCUT2D eigenvalue weighted by Gasteiger charge is -2.29. The van der Waals surface area contributed by atoms with E-state index in [1.54, 1.807) is 6.92 Å². The summed E-state index contributed by atoms with van der Waals surface area (Å²) in [6.07, 6.45) is -0.477. The van der Waals surface area contributed by atoms with Gasteiger partial charge in [0.05, 0.1) is 16.8 Å². The zero-order valence-corrected chi connectivity index (χ0v) is 12.0. The van der Waals surface area contributed by atoms with Gasteiger partial charge in [0.2, 0.25) is 0 Å². The maximum atomic E-state index is 9.49. The van der Waals surface area contributed by atoms with E-state index in [9.17, 15) is 5.11 Å². The van der Waals surface area contributed by atoms with Gasteiger partial charge >= 0.3 is 0 Å². The van der Waals surface area contributed by atoms with E-state index in [1.165, 1.54) is 0 Å². The van der Waals surface area contributed by atoms with Crippen molar-refractivity contribution in [1.82, 2.24) is 0 Å². The monoisotopic (exact) mass is 255 g/mol. The molecule has 0 fully saturated rings. The lowest BCUT2D eigenvalue weighted by atomic mass is 9.96. The van der Waals surface area contributed by atoms with Crippen molar-refractivity contribution in [3.63, 3.8) is 0 Å². The molecule has 17 heavy (non-hydrogen) atoms. The van der Waals surface area contributed by atoms with E-state index in [2.05, 4.69) is 25.7 Å².